The number of nitro groups is 1. The molecule has 2 aromatic rings. The molecule has 0 bridgehead atoms. The highest BCUT2D eigenvalue weighted by Gasteiger charge is 2.25. The maximum absolute atomic E-state index is 11.2. The molecule has 0 aliphatic heterocycles. The Hall–Kier alpha value is -2.40. The van der Waals surface area contributed by atoms with Gasteiger partial charge < -0.3 is 5.11 Å². The van der Waals surface area contributed by atoms with Crippen molar-refractivity contribution in [2.45, 2.75) is 27.7 Å². The van der Waals surface area contributed by atoms with Crippen molar-refractivity contribution < 1.29 is 10.0 Å². The van der Waals surface area contributed by atoms with Crippen LogP contribution in [0, 0.1) is 37.8 Å². The van der Waals surface area contributed by atoms with Crippen LogP contribution >= 0.6 is 11.6 Å². The average Bonchev–Trinajstić information content (AvgIpc) is 2.46. The van der Waals surface area contributed by atoms with Crippen LogP contribution in [0.1, 0.15) is 27.8 Å². The Kier molecular flexibility index (Phi) is 4.71. The molecule has 0 aliphatic rings. The fraction of sp³-hybridized carbons (Fsp3) is 0.235. The van der Waals surface area contributed by atoms with Crippen LogP contribution in [-0.4, -0.2) is 16.2 Å². The molecule has 0 saturated heterocycles. The van der Waals surface area contributed by atoms with Gasteiger partial charge >= 0.3 is 5.69 Å². The standard InChI is InChI=1S/C17H17ClN2O3/c1-9-5-6-14(10(2)7-9)19-8-13-11(3)15(18)12(4)16(17(13)21)20(22)23/h5-8,21H,1-4H3. The molecule has 120 valence electrons. The summed E-state index contributed by atoms with van der Waals surface area (Å²) >= 11 is 6.16. The van der Waals surface area contributed by atoms with Crippen LogP contribution in [0.2, 0.25) is 5.02 Å². The van der Waals surface area contributed by atoms with Crippen LogP contribution in [-0.2, 0) is 0 Å². The van der Waals surface area contributed by atoms with Crippen LogP contribution in [0.4, 0.5) is 11.4 Å². The molecule has 0 aromatic heterocycles. The minimum absolute atomic E-state index is 0.246. The molecule has 0 radical (unpaired) electrons. The molecular formula is C17H17ClN2O3. The molecule has 0 unspecified atom stereocenters. The number of phenols is 1. The van der Waals surface area contributed by atoms with Gasteiger partial charge in [-0.15, -0.1) is 0 Å². The second-order valence-corrected chi connectivity index (χ2v) is 5.86. The molecule has 0 spiro atoms. The Morgan fingerprint density at radius 2 is 1.87 bits per heavy atom. The molecule has 0 fully saturated rings. The topological polar surface area (TPSA) is 75.7 Å². The average molecular weight is 333 g/mol. The summed E-state index contributed by atoms with van der Waals surface area (Å²) in [4.78, 5) is 14.9. The maximum atomic E-state index is 11.2. The lowest BCUT2D eigenvalue weighted by Gasteiger charge is -2.10. The molecule has 5 nitrogen and oxygen atoms in total. The molecule has 0 atom stereocenters. The first kappa shape index (κ1) is 17.0. The number of hydrogen-bond donors (Lipinski definition) is 1. The minimum Gasteiger partial charge on any atom is -0.502 e. The van der Waals surface area contributed by atoms with Gasteiger partial charge in [-0.05, 0) is 44.9 Å². The van der Waals surface area contributed by atoms with Crippen molar-refractivity contribution in [3.8, 4) is 5.75 Å². The number of phenolic OH excluding ortho intramolecular Hbond substituents is 1. The first-order chi connectivity index (χ1) is 10.7. The van der Waals surface area contributed by atoms with Crippen LogP contribution in [0.5, 0.6) is 5.75 Å². The van der Waals surface area contributed by atoms with E-state index in [1.54, 1.807) is 6.92 Å². The summed E-state index contributed by atoms with van der Waals surface area (Å²) in [6, 6.07) is 5.78. The normalized spacial score (nSPS) is 11.2. The van der Waals surface area contributed by atoms with Crippen molar-refractivity contribution in [3.63, 3.8) is 0 Å². The maximum Gasteiger partial charge on any atom is 0.315 e. The number of aryl methyl sites for hydroxylation is 2. The first-order valence-corrected chi connectivity index (χ1v) is 7.39. The summed E-state index contributed by atoms with van der Waals surface area (Å²) in [5, 5.41) is 21.7. The van der Waals surface area contributed by atoms with E-state index >= 15 is 0 Å². The van der Waals surface area contributed by atoms with Gasteiger partial charge in [-0.1, -0.05) is 29.3 Å². The fourth-order valence-electron chi connectivity index (χ4n) is 2.45. The highest BCUT2D eigenvalue weighted by molar-refractivity contribution is 6.33. The van der Waals surface area contributed by atoms with Gasteiger partial charge in [0, 0.05) is 17.3 Å². The van der Waals surface area contributed by atoms with Gasteiger partial charge in [-0.2, -0.15) is 0 Å². The second kappa shape index (κ2) is 6.38. The molecule has 2 aromatic carbocycles. The Morgan fingerprint density at radius 1 is 1.22 bits per heavy atom. The molecule has 0 heterocycles. The van der Waals surface area contributed by atoms with Crippen LogP contribution < -0.4 is 0 Å². The summed E-state index contributed by atoms with van der Waals surface area (Å²) in [6.07, 6.45) is 1.42. The summed E-state index contributed by atoms with van der Waals surface area (Å²) in [5.41, 5.74) is 3.50. The van der Waals surface area contributed by atoms with E-state index in [2.05, 4.69) is 4.99 Å². The third-order valence-electron chi connectivity index (χ3n) is 3.76. The van der Waals surface area contributed by atoms with Gasteiger partial charge in [0.2, 0.25) is 5.75 Å². The van der Waals surface area contributed by atoms with Crippen molar-refractivity contribution in [1.29, 1.82) is 0 Å². The van der Waals surface area contributed by atoms with E-state index in [0.29, 0.717) is 5.56 Å². The monoisotopic (exact) mass is 332 g/mol. The Labute approximate surface area is 139 Å². The highest BCUT2D eigenvalue weighted by Crippen LogP contribution is 2.40. The number of aliphatic imine (C=N–C) groups is 1. The van der Waals surface area contributed by atoms with E-state index in [-0.39, 0.29) is 21.8 Å². The van der Waals surface area contributed by atoms with E-state index in [1.165, 1.54) is 13.1 Å². The summed E-state index contributed by atoms with van der Waals surface area (Å²) in [5.74, 6) is -0.414. The number of nitrogens with zero attached hydrogens (tertiary/aromatic N) is 2. The molecule has 6 heteroatoms. The quantitative estimate of drug-likeness (QED) is 0.491. The van der Waals surface area contributed by atoms with Gasteiger partial charge in [0.25, 0.3) is 0 Å². The Balaban J connectivity index is 2.60. The molecule has 1 N–H and O–H groups in total. The number of hydrogen-bond acceptors (Lipinski definition) is 4. The van der Waals surface area contributed by atoms with Crippen molar-refractivity contribution in [3.05, 3.63) is 61.2 Å². The lowest BCUT2D eigenvalue weighted by atomic mass is 10.0. The summed E-state index contributed by atoms with van der Waals surface area (Å²) in [6.45, 7) is 7.12. The lowest BCUT2D eigenvalue weighted by molar-refractivity contribution is -0.386. The predicted octanol–water partition coefficient (Wildman–Crippen LogP) is 4.94. The third-order valence-corrected chi connectivity index (χ3v) is 4.33. The van der Waals surface area contributed by atoms with Crippen molar-refractivity contribution in [2.75, 3.05) is 0 Å². The van der Waals surface area contributed by atoms with Crippen LogP contribution in [0.25, 0.3) is 0 Å². The van der Waals surface area contributed by atoms with Gasteiger partial charge in [0.15, 0.2) is 0 Å². The van der Waals surface area contributed by atoms with E-state index < -0.39 is 10.7 Å². The van der Waals surface area contributed by atoms with Crippen molar-refractivity contribution in [1.82, 2.24) is 0 Å². The number of aromatic hydroxyl groups is 1. The van der Waals surface area contributed by atoms with Gasteiger partial charge in [-0.25, -0.2) is 0 Å². The molecule has 0 amide bonds. The van der Waals surface area contributed by atoms with E-state index in [0.717, 1.165) is 16.8 Å². The second-order valence-electron chi connectivity index (χ2n) is 5.48. The number of halogens is 1. The predicted molar refractivity (Wildman–Crippen MR) is 92.4 cm³/mol. The Morgan fingerprint density at radius 3 is 2.43 bits per heavy atom. The van der Waals surface area contributed by atoms with Crippen molar-refractivity contribution in [2.24, 2.45) is 4.99 Å². The summed E-state index contributed by atoms with van der Waals surface area (Å²) in [7, 11) is 0. The zero-order chi connectivity index (χ0) is 17.3. The minimum atomic E-state index is -0.634. The SMILES string of the molecule is Cc1ccc(N=Cc2c(C)c(Cl)c(C)c([N+](=O)[O-])c2O)c(C)c1. The first-order valence-electron chi connectivity index (χ1n) is 7.01. The largest absolute Gasteiger partial charge is 0.502 e. The van der Waals surface area contributed by atoms with E-state index in [9.17, 15) is 15.2 Å². The smallest absolute Gasteiger partial charge is 0.315 e. The summed E-state index contributed by atoms with van der Waals surface area (Å²) < 4.78 is 0. The van der Waals surface area contributed by atoms with Gasteiger partial charge in [-0.3, -0.25) is 15.1 Å². The van der Waals surface area contributed by atoms with Crippen LogP contribution in [0.15, 0.2) is 23.2 Å². The van der Waals surface area contributed by atoms with E-state index in [4.69, 9.17) is 11.6 Å². The van der Waals surface area contributed by atoms with Gasteiger partial charge in [0.05, 0.1) is 15.6 Å². The molecule has 0 aliphatic carbocycles. The molecular weight excluding hydrogens is 316 g/mol. The highest BCUT2D eigenvalue weighted by atomic mass is 35.5. The Bertz CT molecular complexity index is 829. The zero-order valence-corrected chi connectivity index (χ0v) is 14.1. The third kappa shape index (κ3) is 3.19. The fourth-order valence-corrected chi connectivity index (χ4v) is 2.64. The van der Waals surface area contributed by atoms with Crippen molar-refractivity contribution >= 4 is 29.2 Å². The molecule has 0 saturated carbocycles. The molecule has 23 heavy (non-hydrogen) atoms. The van der Waals surface area contributed by atoms with E-state index in [1.807, 2.05) is 32.0 Å². The van der Waals surface area contributed by atoms with Gasteiger partial charge in [0.1, 0.15) is 0 Å². The van der Waals surface area contributed by atoms with Crippen LogP contribution in [0.3, 0.4) is 0 Å². The number of nitro benzene ring substituents is 1. The number of rotatable bonds is 3. The zero-order valence-electron chi connectivity index (χ0n) is 13.3. The molecule has 2 rings (SSSR count). The lowest BCUT2D eigenvalue weighted by Crippen LogP contribution is -2.00. The number of benzene rings is 2.